The first kappa shape index (κ1) is 25.5. The fourth-order valence-corrected chi connectivity index (χ4v) is 6.61. The third-order valence-electron chi connectivity index (χ3n) is 6.44. The van der Waals surface area contributed by atoms with Crippen molar-refractivity contribution in [2.24, 2.45) is 0 Å². The summed E-state index contributed by atoms with van der Waals surface area (Å²) in [5, 5.41) is 4.14. The second-order valence-corrected chi connectivity index (χ2v) is 11.0. The lowest BCUT2D eigenvalue weighted by Gasteiger charge is -2.25. The van der Waals surface area contributed by atoms with Gasteiger partial charge in [0.05, 0.1) is 23.4 Å². The van der Waals surface area contributed by atoms with Crippen molar-refractivity contribution in [3.63, 3.8) is 0 Å². The Balaban J connectivity index is 1.51. The molecule has 37 heavy (non-hydrogen) atoms. The summed E-state index contributed by atoms with van der Waals surface area (Å²) in [6.07, 6.45) is 0.842. The van der Waals surface area contributed by atoms with E-state index >= 15 is 0 Å². The molecule has 4 aromatic rings. The lowest BCUT2D eigenvalue weighted by Crippen LogP contribution is -2.30. The number of hydrogen-bond donors (Lipinski definition) is 1. The third-order valence-corrected chi connectivity index (χ3v) is 8.49. The number of carbonyl (C=O) groups is 1. The largest absolute Gasteiger partial charge is 0.494 e. The zero-order chi connectivity index (χ0) is 25.9. The standard InChI is InChI=1S/C28H30N4O3S2/c1-4-31-15-14-22-23(16-31)37-26-25(22)27(34)32(20-10-12-21(13-11-20)35-5-2)28(30-26)36-17-24(33)29-19-8-6-18(3)7-9-19/h6-13H,4-5,14-17H2,1-3H3,(H,29,33). The molecule has 0 fully saturated rings. The second kappa shape index (κ2) is 11.1. The number of aryl methyl sites for hydroxylation is 1. The van der Waals surface area contributed by atoms with Gasteiger partial charge in [0.1, 0.15) is 10.6 Å². The number of anilines is 1. The molecule has 2 aromatic carbocycles. The Hall–Kier alpha value is -3.14. The number of aromatic nitrogens is 2. The lowest BCUT2D eigenvalue weighted by molar-refractivity contribution is -0.113. The van der Waals surface area contributed by atoms with Gasteiger partial charge >= 0.3 is 0 Å². The molecule has 0 atom stereocenters. The molecular formula is C28H30N4O3S2. The van der Waals surface area contributed by atoms with E-state index in [0.717, 1.165) is 53.4 Å². The van der Waals surface area contributed by atoms with E-state index in [-0.39, 0.29) is 17.2 Å². The van der Waals surface area contributed by atoms with Crippen LogP contribution in [0.15, 0.2) is 58.5 Å². The van der Waals surface area contributed by atoms with Crippen molar-refractivity contribution < 1.29 is 9.53 Å². The number of hydrogen-bond acceptors (Lipinski definition) is 7. The Bertz CT molecular complexity index is 1480. The van der Waals surface area contributed by atoms with Crippen LogP contribution in [-0.2, 0) is 17.8 Å². The van der Waals surface area contributed by atoms with Crippen molar-refractivity contribution in [3.8, 4) is 11.4 Å². The molecule has 1 N–H and O–H groups in total. The Morgan fingerprint density at radius 2 is 1.89 bits per heavy atom. The summed E-state index contributed by atoms with van der Waals surface area (Å²) in [7, 11) is 0. The summed E-state index contributed by atoms with van der Waals surface area (Å²) in [5.41, 5.74) is 3.61. The number of carbonyl (C=O) groups excluding carboxylic acids is 1. The van der Waals surface area contributed by atoms with Gasteiger partial charge in [0.25, 0.3) is 5.56 Å². The van der Waals surface area contributed by atoms with Gasteiger partial charge in [-0.2, -0.15) is 0 Å². The fraction of sp³-hybridized carbons (Fsp3) is 0.321. The van der Waals surface area contributed by atoms with Gasteiger partial charge in [0.2, 0.25) is 5.91 Å². The van der Waals surface area contributed by atoms with Crippen LogP contribution in [0.1, 0.15) is 29.9 Å². The van der Waals surface area contributed by atoms with Crippen LogP contribution >= 0.6 is 23.1 Å². The molecule has 0 saturated carbocycles. The highest BCUT2D eigenvalue weighted by Crippen LogP contribution is 2.34. The van der Waals surface area contributed by atoms with Crippen LogP contribution in [0.5, 0.6) is 5.75 Å². The predicted octanol–water partition coefficient (Wildman–Crippen LogP) is 5.26. The van der Waals surface area contributed by atoms with Crippen molar-refractivity contribution in [1.29, 1.82) is 0 Å². The van der Waals surface area contributed by atoms with Crippen LogP contribution in [0.25, 0.3) is 15.9 Å². The average Bonchev–Trinajstić information content (AvgIpc) is 3.27. The molecule has 0 unspecified atom stereocenters. The SMILES string of the molecule is CCOc1ccc(-n2c(SCC(=O)Nc3ccc(C)cc3)nc3sc4c(c3c2=O)CCN(CC)C4)cc1. The Morgan fingerprint density at radius 1 is 1.14 bits per heavy atom. The highest BCUT2D eigenvalue weighted by molar-refractivity contribution is 7.99. The number of nitrogens with zero attached hydrogens (tertiary/aromatic N) is 3. The van der Waals surface area contributed by atoms with Gasteiger partial charge in [-0.1, -0.05) is 36.4 Å². The Kier molecular flexibility index (Phi) is 7.64. The van der Waals surface area contributed by atoms with E-state index in [1.807, 2.05) is 62.4 Å². The molecule has 9 heteroatoms. The molecule has 192 valence electrons. The molecule has 2 aromatic heterocycles. The minimum absolute atomic E-state index is 0.0851. The van der Waals surface area contributed by atoms with Crippen LogP contribution in [0, 0.1) is 6.92 Å². The molecule has 3 heterocycles. The van der Waals surface area contributed by atoms with Gasteiger partial charge in [0.15, 0.2) is 5.16 Å². The maximum atomic E-state index is 14.0. The van der Waals surface area contributed by atoms with Gasteiger partial charge in [-0.3, -0.25) is 19.1 Å². The zero-order valence-corrected chi connectivity index (χ0v) is 22.9. The summed E-state index contributed by atoms with van der Waals surface area (Å²) in [6.45, 7) is 9.43. The monoisotopic (exact) mass is 534 g/mol. The third kappa shape index (κ3) is 5.44. The minimum Gasteiger partial charge on any atom is -0.494 e. The molecule has 1 aliphatic rings. The predicted molar refractivity (Wildman–Crippen MR) is 152 cm³/mol. The van der Waals surface area contributed by atoms with Crippen LogP contribution in [0.4, 0.5) is 5.69 Å². The number of nitrogens with one attached hydrogen (secondary N) is 1. The number of ether oxygens (including phenoxy) is 1. The average molecular weight is 535 g/mol. The first-order valence-electron chi connectivity index (χ1n) is 12.5. The number of amides is 1. The molecular weight excluding hydrogens is 504 g/mol. The molecule has 5 rings (SSSR count). The quantitative estimate of drug-likeness (QED) is 0.245. The normalized spacial score (nSPS) is 13.5. The molecule has 0 saturated heterocycles. The highest BCUT2D eigenvalue weighted by atomic mass is 32.2. The van der Waals surface area contributed by atoms with Crippen molar-refractivity contribution in [3.05, 3.63) is 74.9 Å². The molecule has 0 radical (unpaired) electrons. The number of likely N-dealkylation sites (N-methyl/N-ethyl adjacent to an activating group) is 1. The van der Waals surface area contributed by atoms with Gasteiger partial charge in [-0.15, -0.1) is 11.3 Å². The van der Waals surface area contributed by atoms with E-state index in [9.17, 15) is 9.59 Å². The second-order valence-electron chi connectivity index (χ2n) is 8.97. The smallest absolute Gasteiger partial charge is 0.267 e. The summed E-state index contributed by atoms with van der Waals surface area (Å²) >= 11 is 2.87. The first-order valence-corrected chi connectivity index (χ1v) is 14.3. The van der Waals surface area contributed by atoms with E-state index in [4.69, 9.17) is 9.72 Å². The molecule has 0 bridgehead atoms. The van der Waals surface area contributed by atoms with E-state index < -0.39 is 0 Å². The molecule has 0 aliphatic carbocycles. The van der Waals surface area contributed by atoms with Crippen molar-refractivity contribution in [1.82, 2.24) is 14.5 Å². The topological polar surface area (TPSA) is 76.5 Å². The van der Waals surface area contributed by atoms with E-state index in [2.05, 4.69) is 17.1 Å². The summed E-state index contributed by atoms with van der Waals surface area (Å²) in [6, 6.07) is 15.1. The van der Waals surface area contributed by atoms with Gasteiger partial charge in [-0.05, 0) is 68.8 Å². The zero-order valence-electron chi connectivity index (χ0n) is 21.2. The first-order chi connectivity index (χ1) is 18.0. The van der Waals surface area contributed by atoms with E-state index in [1.54, 1.807) is 15.9 Å². The van der Waals surface area contributed by atoms with Crippen LogP contribution in [0.3, 0.4) is 0 Å². The van der Waals surface area contributed by atoms with Gasteiger partial charge in [0, 0.05) is 23.7 Å². The number of fused-ring (bicyclic) bond motifs is 3. The number of thiophene rings is 1. The summed E-state index contributed by atoms with van der Waals surface area (Å²) in [4.78, 5) is 36.0. The Labute approximate surface area is 224 Å². The fourth-order valence-electron chi connectivity index (χ4n) is 4.49. The number of benzene rings is 2. The van der Waals surface area contributed by atoms with Crippen molar-refractivity contribution in [2.75, 3.05) is 30.8 Å². The van der Waals surface area contributed by atoms with E-state index in [1.165, 1.54) is 16.6 Å². The maximum absolute atomic E-state index is 14.0. The number of thioether (sulfide) groups is 1. The van der Waals surface area contributed by atoms with E-state index in [0.29, 0.717) is 22.8 Å². The minimum atomic E-state index is -0.148. The summed E-state index contributed by atoms with van der Waals surface area (Å²) in [5.74, 6) is 0.732. The summed E-state index contributed by atoms with van der Waals surface area (Å²) < 4.78 is 7.23. The van der Waals surface area contributed by atoms with Crippen molar-refractivity contribution in [2.45, 2.75) is 38.9 Å². The molecule has 1 aliphatic heterocycles. The highest BCUT2D eigenvalue weighted by Gasteiger charge is 2.25. The van der Waals surface area contributed by atoms with Gasteiger partial charge < -0.3 is 10.1 Å². The van der Waals surface area contributed by atoms with Crippen LogP contribution < -0.4 is 15.6 Å². The number of rotatable bonds is 8. The van der Waals surface area contributed by atoms with Crippen molar-refractivity contribution >= 4 is 44.9 Å². The van der Waals surface area contributed by atoms with Crippen LogP contribution in [-0.4, -0.2) is 45.8 Å². The molecule has 0 spiro atoms. The van der Waals surface area contributed by atoms with Gasteiger partial charge in [-0.25, -0.2) is 4.98 Å². The molecule has 7 nitrogen and oxygen atoms in total. The lowest BCUT2D eigenvalue weighted by atomic mass is 10.1. The van der Waals surface area contributed by atoms with Crippen LogP contribution in [0.2, 0.25) is 0 Å². The Morgan fingerprint density at radius 3 is 2.59 bits per heavy atom. The molecule has 1 amide bonds. The maximum Gasteiger partial charge on any atom is 0.267 e.